The minimum absolute atomic E-state index is 0.162. The molecule has 0 N–H and O–H groups in total. The summed E-state index contributed by atoms with van der Waals surface area (Å²) in [5.41, 5.74) is 1.33. The predicted octanol–water partition coefficient (Wildman–Crippen LogP) is 3.76. The fourth-order valence-electron chi connectivity index (χ4n) is 0.971. The standard InChI is InChI=1S/C8H15OP/c1-3-5-8(6-4-2)7-10-9/h7H,3-6H2,1-2H3. The van der Waals surface area contributed by atoms with Gasteiger partial charge >= 0.3 is 0 Å². The van der Waals surface area contributed by atoms with Gasteiger partial charge in [-0.1, -0.05) is 32.3 Å². The van der Waals surface area contributed by atoms with Gasteiger partial charge in [-0.05, 0) is 12.8 Å². The van der Waals surface area contributed by atoms with Crippen molar-refractivity contribution in [3.05, 3.63) is 11.4 Å². The molecule has 58 valence electrons. The third-order valence-corrected chi connectivity index (χ3v) is 1.85. The summed E-state index contributed by atoms with van der Waals surface area (Å²) in [6.07, 6.45) is 4.51. The van der Waals surface area contributed by atoms with Crippen LogP contribution in [0.3, 0.4) is 0 Å². The van der Waals surface area contributed by atoms with Crippen molar-refractivity contribution in [3.8, 4) is 0 Å². The lowest BCUT2D eigenvalue weighted by atomic mass is 10.1. The molecule has 0 atom stereocenters. The Balaban J connectivity index is 3.71. The summed E-state index contributed by atoms with van der Waals surface area (Å²) in [7, 11) is 0.162. The molecule has 1 nitrogen and oxygen atoms in total. The monoisotopic (exact) mass is 158 g/mol. The first kappa shape index (κ1) is 9.84. The Morgan fingerprint density at radius 3 is 2.10 bits per heavy atom. The molecule has 0 spiro atoms. The van der Waals surface area contributed by atoms with E-state index < -0.39 is 0 Å². The predicted molar refractivity (Wildman–Crippen MR) is 45.5 cm³/mol. The van der Waals surface area contributed by atoms with E-state index in [1.54, 1.807) is 5.82 Å². The lowest BCUT2D eigenvalue weighted by Gasteiger charge is -1.99. The van der Waals surface area contributed by atoms with Crippen LogP contribution in [0.1, 0.15) is 39.5 Å². The molecule has 0 aromatic rings. The van der Waals surface area contributed by atoms with Gasteiger partial charge in [0.15, 0.2) is 8.46 Å². The van der Waals surface area contributed by atoms with Crippen molar-refractivity contribution in [3.63, 3.8) is 0 Å². The average Bonchev–Trinajstić information content (AvgIpc) is 1.90. The van der Waals surface area contributed by atoms with E-state index in [-0.39, 0.29) is 8.46 Å². The van der Waals surface area contributed by atoms with Gasteiger partial charge in [0.05, 0.1) is 0 Å². The zero-order valence-electron chi connectivity index (χ0n) is 6.76. The molecule has 0 saturated carbocycles. The fraction of sp³-hybridized carbons (Fsp3) is 0.750. The number of allylic oxidation sites excluding steroid dienone is 1. The molecule has 0 bridgehead atoms. The molecule has 0 rings (SSSR count). The number of rotatable bonds is 5. The second-order valence-electron chi connectivity index (χ2n) is 2.39. The summed E-state index contributed by atoms with van der Waals surface area (Å²) < 4.78 is 10.2. The fourth-order valence-corrected chi connectivity index (χ4v) is 1.38. The van der Waals surface area contributed by atoms with E-state index in [0.717, 1.165) is 25.7 Å². The summed E-state index contributed by atoms with van der Waals surface area (Å²) in [4.78, 5) is 0. The highest BCUT2D eigenvalue weighted by molar-refractivity contribution is 7.27. The maximum Gasteiger partial charge on any atom is 0.184 e. The number of hydrogen-bond donors (Lipinski definition) is 0. The van der Waals surface area contributed by atoms with E-state index in [0.29, 0.717) is 0 Å². The molecule has 0 aromatic carbocycles. The van der Waals surface area contributed by atoms with E-state index in [2.05, 4.69) is 13.8 Å². The van der Waals surface area contributed by atoms with Crippen LogP contribution in [0.15, 0.2) is 11.4 Å². The van der Waals surface area contributed by atoms with E-state index >= 15 is 0 Å². The van der Waals surface area contributed by atoms with Crippen LogP contribution < -0.4 is 0 Å². The van der Waals surface area contributed by atoms with E-state index in [1.807, 2.05) is 0 Å². The van der Waals surface area contributed by atoms with Crippen molar-refractivity contribution in [2.75, 3.05) is 0 Å². The molecule has 0 aliphatic rings. The van der Waals surface area contributed by atoms with Crippen LogP contribution in [0.4, 0.5) is 0 Å². The lowest BCUT2D eigenvalue weighted by Crippen LogP contribution is -1.79. The molecule has 0 aliphatic carbocycles. The Hall–Kier alpha value is -0.160. The Morgan fingerprint density at radius 1 is 1.30 bits per heavy atom. The topological polar surface area (TPSA) is 17.1 Å². The van der Waals surface area contributed by atoms with E-state index in [4.69, 9.17) is 0 Å². The van der Waals surface area contributed by atoms with Gasteiger partial charge in [0.25, 0.3) is 0 Å². The molecule has 0 amide bonds. The minimum atomic E-state index is 0.162. The van der Waals surface area contributed by atoms with E-state index in [1.165, 1.54) is 5.57 Å². The lowest BCUT2D eigenvalue weighted by molar-refractivity contribution is 0.602. The third kappa shape index (κ3) is 4.69. The van der Waals surface area contributed by atoms with Gasteiger partial charge in [-0.25, -0.2) is 0 Å². The second-order valence-corrected chi connectivity index (χ2v) is 2.86. The van der Waals surface area contributed by atoms with Gasteiger partial charge in [-0.2, -0.15) is 0 Å². The Kier molecular flexibility index (Phi) is 6.84. The van der Waals surface area contributed by atoms with Crippen LogP contribution in [-0.2, 0) is 4.57 Å². The van der Waals surface area contributed by atoms with Gasteiger partial charge in [-0.3, -0.25) is 4.57 Å². The summed E-state index contributed by atoms with van der Waals surface area (Å²) in [6, 6.07) is 0. The summed E-state index contributed by atoms with van der Waals surface area (Å²) in [6.45, 7) is 4.29. The normalized spacial score (nSPS) is 9.80. The zero-order chi connectivity index (χ0) is 7.82. The second kappa shape index (κ2) is 6.95. The summed E-state index contributed by atoms with van der Waals surface area (Å²) >= 11 is 0. The summed E-state index contributed by atoms with van der Waals surface area (Å²) in [5.74, 6) is 1.80. The van der Waals surface area contributed by atoms with Crippen LogP contribution in [0.25, 0.3) is 0 Å². The first-order chi connectivity index (χ1) is 4.85. The molecule has 0 unspecified atom stereocenters. The van der Waals surface area contributed by atoms with Crippen LogP contribution in [0.5, 0.6) is 0 Å². The zero-order valence-corrected chi connectivity index (χ0v) is 7.66. The molecule has 2 heteroatoms. The van der Waals surface area contributed by atoms with Crippen molar-refractivity contribution in [2.45, 2.75) is 39.5 Å². The molecule has 10 heavy (non-hydrogen) atoms. The average molecular weight is 158 g/mol. The molecule has 0 aliphatic heterocycles. The number of hydrogen-bond acceptors (Lipinski definition) is 1. The van der Waals surface area contributed by atoms with Gasteiger partial charge in [0, 0.05) is 5.82 Å². The van der Waals surface area contributed by atoms with Gasteiger partial charge in [0.2, 0.25) is 0 Å². The Labute approximate surface area is 64.7 Å². The van der Waals surface area contributed by atoms with E-state index in [9.17, 15) is 4.57 Å². The Bertz CT molecular complexity index is 110. The molecule has 0 fully saturated rings. The SMILES string of the molecule is CCCC(=CP=O)CCC. The third-order valence-electron chi connectivity index (χ3n) is 1.38. The first-order valence-electron chi connectivity index (χ1n) is 3.85. The Morgan fingerprint density at radius 2 is 1.80 bits per heavy atom. The molecule has 0 saturated heterocycles. The molecule has 0 heterocycles. The highest BCUT2D eigenvalue weighted by Gasteiger charge is 1.92. The maximum absolute atomic E-state index is 10.2. The van der Waals surface area contributed by atoms with Crippen LogP contribution >= 0.6 is 8.46 Å². The van der Waals surface area contributed by atoms with Crippen molar-refractivity contribution in [1.29, 1.82) is 0 Å². The van der Waals surface area contributed by atoms with Crippen LogP contribution in [0, 0.1) is 0 Å². The molecular weight excluding hydrogens is 143 g/mol. The highest BCUT2D eigenvalue weighted by atomic mass is 31.1. The minimum Gasteiger partial charge on any atom is -0.270 e. The van der Waals surface area contributed by atoms with Crippen molar-refractivity contribution >= 4 is 8.46 Å². The van der Waals surface area contributed by atoms with Crippen molar-refractivity contribution < 1.29 is 4.57 Å². The van der Waals surface area contributed by atoms with Crippen molar-refractivity contribution in [2.24, 2.45) is 0 Å². The summed E-state index contributed by atoms with van der Waals surface area (Å²) in [5, 5.41) is 0. The maximum atomic E-state index is 10.2. The smallest absolute Gasteiger partial charge is 0.184 e. The molecule has 0 aromatic heterocycles. The van der Waals surface area contributed by atoms with Gasteiger partial charge in [-0.15, -0.1) is 0 Å². The van der Waals surface area contributed by atoms with Crippen LogP contribution in [-0.4, -0.2) is 0 Å². The quantitative estimate of drug-likeness (QED) is 0.556. The van der Waals surface area contributed by atoms with Crippen molar-refractivity contribution in [1.82, 2.24) is 0 Å². The molecular formula is C8H15OP. The van der Waals surface area contributed by atoms with Gasteiger partial charge in [0.1, 0.15) is 0 Å². The largest absolute Gasteiger partial charge is 0.270 e. The first-order valence-corrected chi connectivity index (χ1v) is 4.73. The van der Waals surface area contributed by atoms with Gasteiger partial charge < -0.3 is 0 Å². The highest BCUT2D eigenvalue weighted by Crippen LogP contribution is 2.15. The van der Waals surface area contributed by atoms with Crippen LogP contribution in [0.2, 0.25) is 0 Å². The molecule has 0 radical (unpaired) electrons.